The molecule has 0 aliphatic carbocycles. The molecule has 1 N–H and O–H groups in total. The molecule has 0 spiro atoms. The highest BCUT2D eigenvalue weighted by atomic mass is 16.5. The molecule has 4 heteroatoms. The lowest BCUT2D eigenvalue weighted by Gasteiger charge is -2.14. The minimum Gasteiger partial charge on any atom is -0.462 e. The van der Waals surface area contributed by atoms with Crippen molar-refractivity contribution in [3.63, 3.8) is 0 Å². The van der Waals surface area contributed by atoms with Crippen molar-refractivity contribution in [2.75, 3.05) is 6.54 Å². The fourth-order valence-corrected chi connectivity index (χ4v) is 1.14. The van der Waals surface area contributed by atoms with Crippen LogP contribution in [0.1, 0.15) is 54.9 Å². The van der Waals surface area contributed by atoms with Gasteiger partial charge in [-0.2, -0.15) is 0 Å². The van der Waals surface area contributed by atoms with Gasteiger partial charge in [0.25, 0.3) is 6.47 Å². The molecule has 1 rings (SSSR count). The topological polar surface area (TPSA) is 55.4 Å². The Morgan fingerprint density at radius 1 is 1.28 bits per heavy atom. The van der Waals surface area contributed by atoms with E-state index in [9.17, 15) is 9.59 Å². The van der Waals surface area contributed by atoms with Crippen LogP contribution in [-0.2, 0) is 14.3 Å². The van der Waals surface area contributed by atoms with Crippen molar-refractivity contribution in [3.8, 4) is 0 Å². The van der Waals surface area contributed by atoms with Crippen LogP contribution in [0.2, 0.25) is 0 Å². The molecule has 0 aromatic rings. The van der Waals surface area contributed by atoms with Gasteiger partial charge in [-0.25, -0.2) is 0 Å². The van der Waals surface area contributed by atoms with Gasteiger partial charge in [0.1, 0.15) is 5.60 Å². The van der Waals surface area contributed by atoms with Gasteiger partial charge < -0.3 is 10.1 Å². The number of rotatable bonds is 1. The maximum Gasteiger partial charge on any atom is 0.293 e. The van der Waals surface area contributed by atoms with Crippen molar-refractivity contribution < 1.29 is 14.3 Å². The van der Waals surface area contributed by atoms with Crippen molar-refractivity contribution in [2.24, 2.45) is 0 Å². The van der Waals surface area contributed by atoms with E-state index in [1.165, 1.54) is 0 Å². The van der Waals surface area contributed by atoms with Gasteiger partial charge in [0.05, 0.1) is 0 Å². The highest BCUT2D eigenvalue weighted by Crippen LogP contribution is 2.11. The molecule has 0 radical (unpaired) electrons. The molecule has 18 heavy (non-hydrogen) atoms. The van der Waals surface area contributed by atoms with Crippen molar-refractivity contribution in [2.45, 2.75) is 60.5 Å². The molecular weight excluding hydrogens is 230 g/mol. The SMILES string of the molecule is CC.CC(C)(C)OC=O.CC(C)=C1CCNC1=O. The summed E-state index contributed by atoms with van der Waals surface area (Å²) >= 11 is 0. The minimum absolute atomic E-state index is 0.120. The van der Waals surface area contributed by atoms with Crippen LogP contribution in [0.5, 0.6) is 0 Å². The van der Waals surface area contributed by atoms with E-state index in [-0.39, 0.29) is 11.5 Å². The Hall–Kier alpha value is -1.32. The van der Waals surface area contributed by atoms with E-state index in [4.69, 9.17) is 0 Å². The summed E-state index contributed by atoms with van der Waals surface area (Å²) in [6, 6.07) is 0. The van der Waals surface area contributed by atoms with Crippen LogP contribution in [0.15, 0.2) is 11.1 Å². The molecule has 0 saturated carbocycles. The summed E-state index contributed by atoms with van der Waals surface area (Å²) in [5, 5.41) is 2.75. The molecule has 0 bridgehead atoms. The number of hydrogen-bond donors (Lipinski definition) is 1. The molecule has 1 aliphatic heterocycles. The van der Waals surface area contributed by atoms with Crippen LogP contribution < -0.4 is 5.32 Å². The first kappa shape index (κ1) is 19.0. The molecule has 1 amide bonds. The number of ether oxygens (including phenoxy) is 1. The molecule has 0 atom stereocenters. The molecular formula is C14H27NO3. The second-order valence-corrected chi connectivity index (χ2v) is 4.81. The van der Waals surface area contributed by atoms with E-state index in [0.717, 1.165) is 24.1 Å². The first-order valence-corrected chi connectivity index (χ1v) is 6.34. The molecule has 4 nitrogen and oxygen atoms in total. The quantitative estimate of drug-likeness (QED) is 0.580. The van der Waals surface area contributed by atoms with E-state index in [1.807, 2.05) is 48.5 Å². The number of allylic oxidation sites excluding steroid dienone is 1. The van der Waals surface area contributed by atoms with Crippen molar-refractivity contribution in [1.29, 1.82) is 0 Å². The number of carbonyl (C=O) groups is 2. The Bertz CT molecular complexity index is 284. The zero-order chi connectivity index (χ0) is 14.8. The maximum absolute atomic E-state index is 10.8. The highest BCUT2D eigenvalue weighted by molar-refractivity contribution is 5.96. The molecule has 1 fully saturated rings. The fourth-order valence-electron chi connectivity index (χ4n) is 1.14. The largest absolute Gasteiger partial charge is 0.462 e. The van der Waals surface area contributed by atoms with E-state index in [0.29, 0.717) is 6.47 Å². The molecule has 1 heterocycles. The Kier molecular flexibility index (Phi) is 10.2. The van der Waals surface area contributed by atoms with Gasteiger partial charge in [-0.1, -0.05) is 19.4 Å². The van der Waals surface area contributed by atoms with Gasteiger partial charge in [-0.15, -0.1) is 0 Å². The van der Waals surface area contributed by atoms with Crippen LogP contribution in [0, 0.1) is 0 Å². The third kappa shape index (κ3) is 9.87. The van der Waals surface area contributed by atoms with Gasteiger partial charge in [-0.05, 0) is 41.0 Å². The summed E-state index contributed by atoms with van der Waals surface area (Å²) in [6.45, 7) is 14.7. The molecule has 0 unspecified atom stereocenters. The van der Waals surface area contributed by atoms with E-state index >= 15 is 0 Å². The first-order chi connectivity index (χ1) is 8.28. The van der Waals surface area contributed by atoms with Crippen LogP contribution in [-0.4, -0.2) is 24.5 Å². The zero-order valence-electron chi connectivity index (χ0n) is 12.7. The van der Waals surface area contributed by atoms with Crippen molar-refractivity contribution in [3.05, 3.63) is 11.1 Å². The number of hydrogen-bond acceptors (Lipinski definition) is 3. The molecule has 0 aromatic carbocycles. The number of nitrogens with one attached hydrogen (secondary N) is 1. The van der Waals surface area contributed by atoms with Crippen molar-refractivity contribution in [1.82, 2.24) is 5.32 Å². The monoisotopic (exact) mass is 257 g/mol. The van der Waals surface area contributed by atoms with Crippen LogP contribution >= 0.6 is 0 Å². The summed E-state index contributed by atoms with van der Waals surface area (Å²) in [6.07, 6.45) is 0.904. The summed E-state index contributed by atoms with van der Waals surface area (Å²) in [7, 11) is 0. The molecule has 106 valence electrons. The average molecular weight is 257 g/mol. The number of carbonyl (C=O) groups excluding carboxylic acids is 2. The molecule has 1 aliphatic rings. The summed E-state index contributed by atoms with van der Waals surface area (Å²) in [5.41, 5.74) is 1.79. The summed E-state index contributed by atoms with van der Waals surface area (Å²) < 4.78 is 4.55. The standard InChI is InChI=1S/C7H11NO.C5H10O2.C2H6/c1-5(2)6-3-4-8-7(6)9;1-5(2,3)7-4-6;1-2/h3-4H2,1-2H3,(H,8,9);4H,1-3H3;1-2H3. The van der Waals surface area contributed by atoms with Gasteiger partial charge >= 0.3 is 0 Å². The van der Waals surface area contributed by atoms with Crippen LogP contribution in [0.3, 0.4) is 0 Å². The maximum atomic E-state index is 10.8. The average Bonchev–Trinajstić information content (AvgIpc) is 2.66. The second kappa shape index (κ2) is 9.68. The van der Waals surface area contributed by atoms with Gasteiger partial charge in [0, 0.05) is 12.1 Å². The Morgan fingerprint density at radius 3 is 1.89 bits per heavy atom. The first-order valence-electron chi connectivity index (χ1n) is 6.34. The van der Waals surface area contributed by atoms with Crippen LogP contribution in [0.25, 0.3) is 0 Å². The summed E-state index contributed by atoms with van der Waals surface area (Å²) in [5.74, 6) is 0.120. The summed E-state index contributed by atoms with van der Waals surface area (Å²) in [4.78, 5) is 20.4. The zero-order valence-corrected chi connectivity index (χ0v) is 12.7. The Balaban J connectivity index is 0. The van der Waals surface area contributed by atoms with Crippen LogP contribution in [0.4, 0.5) is 0 Å². The van der Waals surface area contributed by atoms with Gasteiger partial charge in [-0.3, -0.25) is 9.59 Å². The lowest BCUT2D eigenvalue weighted by Crippen LogP contribution is -2.17. The number of amides is 1. The lowest BCUT2D eigenvalue weighted by atomic mass is 10.1. The third-order valence-corrected chi connectivity index (χ3v) is 1.94. The Morgan fingerprint density at radius 2 is 1.78 bits per heavy atom. The fraction of sp³-hybridized carbons (Fsp3) is 0.714. The molecule has 1 saturated heterocycles. The third-order valence-electron chi connectivity index (χ3n) is 1.94. The minimum atomic E-state index is -0.318. The Labute approximate surface area is 111 Å². The lowest BCUT2D eigenvalue weighted by molar-refractivity contribution is -0.138. The smallest absolute Gasteiger partial charge is 0.293 e. The van der Waals surface area contributed by atoms with E-state index in [2.05, 4.69) is 10.1 Å². The highest BCUT2D eigenvalue weighted by Gasteiger charge is 2.16. The van der Waals surface area contributed by atoms with Gasteiger partial charge in [0.2, 0.25) is 5.91 Å². The van der Waals surface area contributed by atoms with Crippen molar-refractivity contribution >= 4 is 12.4 Å². The predicted molar refractivity (Wildman–Crippen MR) is 74.3 cm³/mol. The van der Waals surface area contributed by atoms with Gasteiger partial charge in [0.15, 0.2) is 0 Å². The van der Waals surface area contributed by atoms with E-state index < -0.39 is 0 Å². The van der Waals surface area contributed by atoms with E-state index in [1.54, 1.807) is 0 Å². The molecule has 0 aromatic heterocycles. The predicted octanol–water partition coefficient (Wildman–Crippen LogP) is 2.83. The normalized spacial score (nSPS) is 13.5. The second-order valence-electron chi connectivity index (χ2n) is 4.81.